The average molecular weight is 516 g/mol. The molecule has 0 bridgehead atoms. The van der Waals surface area contributed by atoms with Crippen molar-refractivity contribution in [1.29, 1.82) is 0 Å². The Labute approximate surface area is 200 Å². The van der Waals surface area contributed by atoms with Crippen LogP contribution in [-0.2, 0) is 4.79 Å². The zero-order chi connectivity index (χ0) is 23.1. The number of imidazole rings is 1. The van der Waals surface area contributed by atoms with Crippen molar-refractivity contribution in [3.63, 3.8) is 0 Å². The van der Waals surface area contributed by atoms with Crippen LogP contribution < -0.4 is 9.64 Å². The number of piperidine rings is 1. The molecule has 1 amide bonds. The molecule has 1 saturated carbocycles. The molecule has 33 heavy (non-hydrogen) atoms. The Kier molecular flexibility index (Phi) is 6.14. The number of fused-ring (bicyclic) bond motifs is 1. The smallest absolute Gasteiger partial charge is 0.227 e. The van der Waals surface area contributed by atoms with Gasteiger partial charge in [-0.05, 0) is 68.9 Å². The lowest BCUT2D eigenvalue weighted by atomic mass is 9.92. The number of aliphatic hydroxyl groups excluding tert-OH is 1. The molecule has 1 atom stereocenters. The van der Waals surface area contributed by atoms with E-state index < -0.39 is 5.82 Å². The number of halogens is 2. The van der Waals surface area contributed by atoms with E-state index in [0.717, 1.165) is 59.9 Å². The molecule has 2 aliphatic rings. The van der Waals surface area contributed by atoms with Crippen LogP contribution in [0.3, 0.4) is 0 Å². The largest absolute Gasteiger partial charge is 0.494 e. The molecular weight excluding hydrogens is 489 g/mol. The summed E-state index contributed by atoms with van der Waals surface area (Å²) in [5.41, 5.74) is 2.40. The summed E-state index contributed by atoms with van der Waals surface area (Å²) in [7, 11) is 1.43. The standard InChI is InChI=1S/C25H27BrFN3O3/c1-33-23-12-8-17(14-19(23)27)29-22(3-2-4-24(29)32)25-28-20-13-15(26)5-11-21(20)30(25)16-6-9-18(31)10-7-16/h5,8,11-14,16,18,22,31H,2-4,6-7,9-10H2,1H3. The number of nitrogens with zero attached hydrogens (tertiary/aromatic N) is 3. The van der Waals surface area contributed by atoms with Crippen LogP contribution in [0.5, 0.6) is 5.75 Å². The van der Waals surface area contributed by atoms with E-state index in [9.17, 15) is 14.3 Å². The van der Waals surface area contributed by atoms with Gasteiger partial charge in [-0.15, -0.1) is 0 Å². The second-order valence-electron chi connectivity index (χ2n) is 8.93. The van der Waals surface area contributed by atoms with E-state index in [1.54, 1.807) is 17.0 Å². The van der Waals surface area contributed by atoms with Crippen molar-refractivity contribution in [3.8, 4) is 5.75 Å². The lowest BCUT2D eigenvalue weighted by molar-refractivity contribution is -0.120. The fraction of sp³-hybridized carbons (Fsp3) is 0.440. The minimum Gasteiger partial charge on any atom is -0.494 e. The maximum absolute atomic E-state index is 14.6. The van der Waals surface area contributed by atoms with Gasteiger partial charge in [-0.2, -0.15) is 0 Å². The highest BCUT2D eigenvalue weighted by Gasteiger charge is 2.36. The minimum absolute atomic E-state index is 0.0327. The van der Waals surface area contributed by atoms with Gasteiger partial charge in [0.15, 0.2) is 11.6 Å². The summed E-state index contributed by atoms with van der Waals surface area (Å²) in [6.45, 7) is 0. The molecule has 0 spiro atoms. The number of hydrogen-bond acceptors (Lipinski definition) is 4. The zero-order valence-corrected chi connectivity index (χ0v) is 20.1. The molecule has 3 aromatic rings. The number of methoxy groups -OCH3 is 1. The first-order chi connectivity index (χ1) is 16.0. The second kappa shape index (κ2) is 9.06. The van der Waals surface area contributed by atoms with Crippen molar-refractivity contribution in [2.24, 2.45) is 0 Å². The van der Waals surface area contributed by atoms with Crippen molar-refractivity contribution in [1.82, 2.24) is 9.55 Å². The molecule has 1 aliphatic carbocycles. The van der Waals surface area contributed by atoms with Crippen LogP contribution in [0.25, 0.3) is 11.0 Å². The molecule has 5 rings (SSSR count). The molecule has 2 fully saturated rings. The summed E-state index contributed by atoms with van der Waals surface area (Å²) in [4.78, 5) is 19.9. The van der Waals surface area contributed by atoms with Crippen LogP contribution in [0.4, 0.5) is 10.1 Å². The highest BCUT2D eigenvalue weighted by molar-refractivity contribution is 9.10. The van der Waals surface area contributed by atoms with E-state index in [4.69, 9.17) is 9.72 Å². The van der Waals surface area contributed by atoms with Crippen molar-refractivity contribution < 1.29 is 19.0 Å². The number of benzene rings is 2. The zero-order valence-electron chi connectivity index (χ0n) is 18.5. The number of carbonyl (C=O) groups excluding carboxylic acids is 1. The summed E-state index contributed by atoms with van der Waals surface area (Å²) in [5.74, 6) is 0.451. The Morgan fingerprint density at radius 3 is 2.64 bits per heavy atom. The first kappa shape index (κ1) is 22.3. The minimum atomic E-state index is -0.495. The molecule has 8 heteroatoms. The van der Waals surface area contributed by atoms with Gasteiger partial charge < -0.3 is 19.3 Å². The highest BCUT2D eigenvalue weighted by atomic mass is 79.9. The molecular formula is C25H27BrFN3O3. The first-order valence-corrected chi connectivity index (χ1v) is 12.3. The third kappa shape index (κ3) is 4.15. The lowest BCUT2D eigenvalue weighted by Gasteiger charge is -2.37. The number of rotatable bonds is 4. The third-order valence-corrected chi connectivity index (χ3v) is 7.36. The second-order valence-corrected chi connectivity index (χ2v) is 9.84. The number of amides is 1. The van der Waals surface area contributed by atoms with E-state index in [1.807, 2.05) is 12.1 Å². The molecule has 1 aliphatic heterocycles. The van der Waals surface area contributed by atoms with E-state index >= 15 is 0 Å². The van der Waals surface area contributed by atoms with Gasteiger partial charge in [-0.25, -0.2) is 9.37 Å². The molecule has 1 saturated heterocycles. The Balaban J connectivity index is 1.63. The maximum Gasteiger partial charge on any atom is 0.227 e. The number of hydrogen-bond donors (Lipinski definition) is 1. The number of aromatic nitrogens is 2. The fourth-order valence-corrected chi connectivity index (χ4v) is 5.62. The molecule has 1 unspecified atom stereocenters. The lowest BCUT2D eigenvalue weighted by Crippen LogP contribution is -2.40. The summed E-state index contributed by atoms with van der Waals surface area (Å²) >= 11 is 3.55. The average Bonchev–Trinajstić information content (AvgIpc) is 3.17. The van der Waals surface area contributed by atoms with Crippen LogP contribution in [0, 0.1) is 5.82 Å². The van der Waals surface area contributed by atoms with Gasteiger partial charge in [0, 0.05) is 28.7 Å². The predicted molar refractivity (Wildman–Crippen MR) is 128 cm³/mol. The van der Waals surface area contributed by atoms with E-state index in [0.29, 0.717) is 12.1 Å². The van der Waals surface area contributed by atoms with Gasteiger partial charge >= 0.3 is 0 Å². The topological polar surface area (TPSA) is 67.6 Å². The van der Waals surface area contributed by atoms with E-state index in [-0.39, 0.29) is 29.8 Å². The molecule has 1 N–H and O–H groups in total. The van der Waals surface area contributed by atoms with Crippen LogP contribution in [0.1, 0.15) is 62.9 Å². The predicted octanol–water partition coefficient (Wildman–Crippen LogP) is 5.68. The SMILES string of the molecule is COc1ccc(N2C(=O)CCCC2c2nc3cc(Br)ccc3n2C2CCC(O)CC2)cc1F. The molecule has 174 valence electrons. The van der Waals surface area contributed by atoms with Crippen LogP contribution in [-0.4, -0.2) is 33.8 Å². The Hall–Kier alpha value is -2.45. The number of carbonyl (C=O) groups is 1. The van der Waals surface area contributed by atoms with E-state index in [2.05, 4.69) is 26.6 Å². The third-order valence-electron chi connectivity index (χ3n) is 6.87. The van der Waals surface area contributed by atoms with E-state index in [1.165, 1.54) is 13.2 Å². The highest BCUT2D eigenvalue weighted by Crippen LogP contribution is 2.41. The van der Waals surface area contributed by atoms with Crippen LogP contribution in [0.15, 0.2) is 40.9 Å². The van der Waals surface area contributed by atoms with Gasteiger partial charge in [-0.1, -0.05) is 15.9 Å². The Morgan fingerprint density at radius 2 is 1.91 bits per heavy atom. The summed E-state index contributed by atoms with van der Waals surface area (Å²) < 4.78 is 22.8. The molecule has 2 aromatic carbocycles. The van der Waals surface area contributed by atoms with Gasteiger partial charge in [-0.3, -0.25) is 4.79 Å². The van der Waals surface area contributed by atoms with Gasteiger partial charge in [0.25, 0.3) is 0 Å². The molecule has 6 nitrogen and oxygen atoms in total. The van der Waals surface area contributed by atoms with Crippen molar-refractivity contribution >= 4 is 38.6 Å². The van der Waals surface area contributed by atoms with Gasteiger partial charge in [0.2, 0.25) is 5.91 Å². The number of anilines is 1. The summed E-state index contributed by atoms with van der Waals surface area (Å²) in [5, 5.41) is 10.1. The Morgan fingerprint density at radius 1 is 1.12 bits per heavy atom. The normalized spacial score (nSPS) is 23.8. The van der Waals surface area contributed by atoms with Crippen LogP contribution in [0.2, 0.25) is 0 Å². The summed E-state index contributed by atoms with van der Waals surface area (Å²) in [6.07, 6.45) is 4.87. The van der Waals surface area contributed by atoms with Gasteiger partial charge in [0.1, 0.15) is 5.82 Å². The quantitative estimate of drug-likeness (QED) is 0.485. The number of ether oxygens (including phenoxy) is 1. The van der Waals surface area contributed by atoms with Crippen molar-refractivity contribution in [2.75, 3.05) is 12.0 Å². The van der Waals surface area contributed by atoms with Gasteiger partial charge in [0.05, 0.1) is 30.3 Å². The molecule has 2 heterocycles. The Bertz CT molecular complexity index is 1190. The monoisotopic (exact) mass is 515 g/mol. The van der Waals surface area contributed by atoms with Crippen molar-refractivity contribution in [3.05, 3.63) is 52.5 Å². The number of aliphatic hydroxyl groups is 1. The maximum atomic E-state index is 14.6. The first-order valence-electron chi connectivity index (χ1n) is 11.5. The fourth-order valence-electron chi connectivity index (χ4n) is 5.27. The van der Waals surface area contributed by atoms with Crippen LogP contribution >= 0.6 is 15.9 Å². The molecule has 1 aromatic heterocycles. The molecule has 0 radical (unpaired) electrons. The summed E-state index contributed by atoms with van der Waals surface area (Å²) in [6, 6.07) is 10.6. The van der Waals surface area contributed by atoms with Crippen molar-refractivity contribution in [2.45, 2.75) is 63.1 Å².